The number of urea groups is 1. The van der Waals surface area contributed by atoms with Crippen molar-refractivity contribution in [3.05, 3.63) is 29.8 Å². The van der Waals surface area contributed by atoms with Gasteiger partial charge in [0.05, 0.1) is 12.5 Å². The van der Waals surface area contributed by atoms with E-state index in [2.05, 4.69) is 18.3 Å². The second-order valence-electron chi connectivity index (χ2n) is 5.16. The highest BCUT2D eigenvalue weighted by molar-refractivity contribution is 5.89. The number of nitriles is 1. The first-order chi connectivity index (χ1) is 9.19. The Kier molecular flexibility index (Phi) is 4.40. The van der Waals surface area contributed by atoms with Crippen LogP contribution in [0.5, 0.6) is 0 Å². The Morgan fingerprint density at radius 1 is 1.47 bits per heavy atom. The Hall–Kier alpha value is -2.02. The number of benzene rings is 1. The topological polar surface area (TPSA) is 56.1 Å². The van der Waals surface area contributed by atoms with Crippen LogP contribution in [0.15, 0.2) is 24.3 Å². The fraction of sp³-hybridized carbons (Fsp3) is 0.467. The molecule has 19 heavy (non-hydrogen) atoms. The van der Waals surface area contributed by atoms with Gasteiger partial charge in [-0.25, -0.2) is 4.79 Å². The third-order valence-electron chi connectivity index (χ3n) is 3.43. The van der Waals surface area contributed by atoms with Crippen LogP contribution >= 0.6 is 0 Å². The number of rotatable bonds is 2. The van der Waals surface area contributed by atoms with E-state index in [4.69, 9.17) is 5.26 Å². The second kappa shape index (κ2) is 6.24. The van der Waals surface area contributed by atoms with Gasteiger partial charge in [0.15, 0.2) is 0 Å². The average molecular weight is 257 g/mol. The van der Waals surface area contributed by atoms with Crippen molar-refractivity contribution in [2.75, 3.05) is 18.4 Å². The van der Waals surface area contributed by atoms with E-state index in [-0.39, 0.29) is 6.03 Å². The number of nitrogens with zero attached hydrogens (tertiary/aromatic N) is 2. The van der Waals surface area contributed by atoms with Gasteiger partial charge in [-0.3, -0.25) is 0 Å². The van der Waals surface area contributed by atoms with Gasteiger partial charge in [-0.2, -0.15) is 5.26 Å². The van der Waals surface area contributed by atoms with Crippen molar-refractivity contribution in [1.82, 2.24) is 4.90 Å². The summed E-state index contributed by atoms with van der Waals surface area (Å²) in [5.41, 5.74) is 1.75. The molecule has 1 atom stereocenters. The van der Waals surface area contributed by atoms with Gasteiger partial charge in [0, 0.05) is 18.8 Å². The molecule has 0 saturated carbocycles. The first-order valence-corrected chi connectivity index (χ1v) is 6.71. The molecule has 1 unspecified atom stereocenters. The van der Waals surface area contributed by atoms with Gasteiger partial charge in [-0.05, 0) is 36.5 Å². The van der Waals surface area contributed by atoms with Gasteiger partial charge >= 0.3 is 6.03 Å². The standard InChI is InChI=1S/C15H19N3O/c1-12-3-2-10-18(11-12)15(19)17-14-6-4-13(5-7-14)8-9-16/h4-7,12H,2-3,8,10-11H2,1H3,(H,17,19). The molecule has 0 aromatic heterocycles. The Morgan fingerprint density at radius 2 is 2.21 bits per heavy atom. The first kappa shape index (κ1) is 13.4. The van der Waals surface area contributed by atoms with Crippen LogP contribution in [0.3, 0.4) is 0 Å². The molecule has 1 heterocycles. The van der Waals surface area contributed by atoms with Crippen LogP contribution in [0, 0.1) is 17.2 Å². The zero-order chi connectivity index (χ0) is 13.7. The van der Waals surface area contributed by atoms with Crippen LogP contribution in [0.1, 0.15) is 25.3 Å². The number of hydrogen-bond donors (Lipinski definition) is 1. The highest BCUT2D eigenvalue weighted by Gasteiger charge is 2.20. The molecule has 4 nitrogen and oxygen atoms in total. The highest BCUT2D eigenvalue weighted by Crippen LogP contribution is 2.17. The maximum atomic E-state index is 12.1. The van der Waals surface area contributed by atoms with Crippen LogP contribution in [0.25, 0.3) is 0 Å². The van der Waals surface area contributed by atoms with Gasteiger partial charge in [0.25, 0.3) is 0 Å². The van der Waals surface area contributed by atoms with E-state index in [0.29, 0.717) is 12.3 Å². The summed E-state index contributed by atoms with van der Waals surface area (Å²) >= 11 is 0. The van der Waals surface area contributed by atoms with Crippen molar-refractivity contribution in [3.8, 4) is 6.07 Å². The lowest BCUT2D eigenvalue weighted by Gasteiger charge is -2.30. The Bertz CT molecular complexity index is 475. The normalized spacial score (nSPS) is 18.7. The molecule has 0 bridgehead atoms. The molecule has 2 rings (SSSR count). The van der Waals surface area contributed by atoms with Crippen molar-refractivity contribution >= 4 is 11.7 Å². The highest BCUT2D eigenvalue weighted by atomic mass is 16.2. The van der Waals surface area contributed by atoms with Crippen molar-refractivity contribution in [2.24, 2.45) is 5.92 Å². The summed E-state index contributed by atoms with van der Waals surface area (Å²) in [5, 5.41) is 11.5. The fourth-order valence-electron chi connectivity index (χ4n) is 2.37. The van der Waals surface area contributed by atoms with Crippen molar-refractivity contribution in [3.63, 3.8) is 0 Å². The number of carbonyl (C=O) groups excluding carboxylic acids is 1. The van der Waals surface area contributed by atoms with E-state index in [1.165, 1.54) is 6.42 Å². The SMILES string of the molecule is CC1CCCN(C(=O)Nc2ccc(CC#N)cc2)C1. The lowest BCUT2D eigenvalue weighted by Crippen LogP contribution is -2.41. The molecule has 1 aromatic rings. The molecule has 1 aliphatic rings. The Morgan fingerprint density at radius 3 is 2.84 bits per heavy atom. The number of nitrogens with one attached hydrogen (secondary N) is 1. The van der Waals surface area contributed by atoms with E-state index in [1.54, 1.807) is 0 Å². The Balaban J connectivity index is 1.93. The molecule has 0 radical (unpaired) electrons. The monoisotopic (exact) mass is 257 g/mol. The number of anilines is 1. The van der Waals surface area contributed by atoms with E-state index in [9.17, 15) is 4.79 Å². The van der Waals surface area contributed by atoms with Crippen LogP contribution < -0.4 is 5.32 Å². The molecule has 1 N–H and O–H groups in total. The molecule has 0 aliphatic carbocycles. The maximum Gasteiger partial charge on any atom is 0.321 e. The summed E-state index contributed by atoms with van der Waals surface area (Å²) in [7, 11) is 0. The van der Waals surface area contributed by atoms with E-state index in [0.717, 1.165) is 30.8 Å². The summed E-state index contributed by atoms with van der Waals surface area (Å²) < 4.78 is 0. The quantitative estimate of drug-likeness (QED) is 0.885. The maximum absolute atomic E-state index is 12.1. The van der Waals surface area contributed by atoms with Crippen molar-refractivity contribution in [1.29, 1.82) is 5.26 Å². The second-order valence-corrected chi connectivity index (χ2v) is 5.16. The minimum absolute atomic E-state index is 0.0282. The summed E-state index contributed by atoms with van der Waals surface area (Å²) in [6.07, 6.45) is 2.68. The molecule has 1 saturated heterocycles. The Labute approximate surface area is 114 Å². The van der Waals surface area contributed by atoms with E-state index < -0.39 is 0 Å². The summed E-state index contributed by atoms with van der Waals surface area (Å²) in [4.78, 5) is 14.0. The minimum Gasteiger partial charge on any atom is -0.324 e. The minimum atomic E-state index is -0.0282. The zero-order valence-corrected chi connectivity index (χ0v) is 11.2. The molecule has 1 aromatic carbocycles. The number of carbonyl (C=O) groups is 1. The summed E-state index contributed by atoms with van der Waals surface area (Å²) in [6.45, 7) is 3.84. The van der Waals surface area contributed by atoms with Crippen LogP contribution in [-0.4, -0.2) is 24.0 Å². The van der Waals surface area contributed by atoms with Crippen LogP contribution in [-0.2, 0) is 6.42 Å². The lowest BCUT2D eigenvalue weighted by molar-refractivity contribution is 0.182. The van der Waals surface area contributed by atoms with Gasteiger partial charge in [0.2, 0.25) is 0 Å². The molecule has 0 spiro atoms. The number of likely N-dealkylation sites (tertiary alicyclic amines) is 1. The molecule has 2 amide bonds. The first-order valence-electron chi connectivity index (χ1n) is 6.71. The third kappa shape index (κ3) is 3.72. The molecule has 4 heteroatoms. The fourth-order valence-corrected chi connectivity index (χ4v) is 2.37. The van der Waals surface area contributed by atoms with Crippen LogP contribution in [0.2, 0.25) is 0 Å². The smallest absolute Gasteiger partial charge is 0.321 e. The van der Waals surface area contributed by atoms with Gasteiger partial charge in [0.1, 0.15) is 0 Å². The average Bonchev–Trinajstić information content (AvgIpc) is 2.41. The largest absolute Gasteiger partial charge is 0.324 e. The number of hydrogen-bond acceptors (Lipinski definition) is 2. The van der Waals surface area contributed by atoms with Gasteiger partial charge < -0.3 is 10.2 Å². The summed E-state index contributed by atoms with van der Waals surface area (Å²) in [6, 6.07) is 9.51. The van der Waals surface area contributed by atoms with Crippen LogP contribution in [0.4, 0.5) is 10.5 Å². The molecular formula is C15H19N3O. The van der Waals surface area contributed by atoms with E-state index >= 15 is 0 Å². The van der Waals surface area contributed by atoms with Crippen molar-refractivity contribution < 1.29 is 4.79 Å². The predicted molar refractivity (Wildman–Crippen MR) is 74.7 cm³/mol. The van der Waals surface area contributed by atoms with E-state index in [1.807, 2.05) is 29.2 Å². The molecule has 100 valence electrons. The zero-order valence-electron chi connectivity index (χ0n) is 11.2. The van der Waals surface area contributed by atoms with Gasteiger partial charge in [-0.15, -0.1) is 0 Å². The lowest BCUT2D eigenvalue weighted by atomic mass is 10.0. The molecule has 1 fully saturated rings. The number of piperidine rings is 1. The van der Waals surface area contributed by atoms with Gasteiger partial charge in [-0.1, -0.05) is 19.1 Å². The number of amides is 2. The predicted octanol–water partition coefficient (Wildman–Crippen LogP) is 3.02. The summed E-state index contributed by atoms with van der Waals surface area (Å²) in [5.74, 6) is 0.581. The third-order valence-corrected chi connectivity index (χ3v) is 3.43. The molecular weight excluding hydrogens is 238 g/mol. The van der Waals surface area contributed by atoms with Crippen molar-refractivity contribution in [2.45, 2.75) is 26.2 Å². The molecule has 1 aliphatic heterocycles.